The molecule has 2 aliphatic carbocycles. The first-order valence-electron chi connectivity index (χ1n) is 20.5. The first-order valence-corrected chi connectivity index (χ1v) is 20.5. The molecule has 9 aromatic carbocycles. The minimum atomic E-state index is 1.13. The van der Waals surface area contributed by atoms with Gasteiger partial charge in [-0.2, -0.15) is 0 Å². The first-order chi connectivity index (χ1) is 28.7. The van der Waals surface area contributed by atoms with Gasteiger partial charge in [-0.1, -0.05) is 146 Å². The van der Waals surface area contributed by atoms with Crippen molar-refractivity contribution in [3.05, 3.63) is 228 Å². The fraction of sp³-hybridized carbons (Fsp3) is 0.0714. The monoisotopic (exact) mass is 742 g/mol. The van der Waals surface area contributed by atoms with Crippen LogP contribution >= 0.6 is 0 Å². The summed E-state index contributed by atoms with van der Waals surface area (Å²) >= 11 is 0. The molecule has 0 saturated carbocycles. The lowest BCUT2D eigenvalue weighted by Crippen LogP contribution is -2.10. The molecule has 2 heteroatoms. The second kappa shape index (κ2) is 14.4. The van der Waals surface area contributed by atoms with Crippen molar-refractivity contribution in [2.24, 2.45) is 0 Å². The molecule has 276 valence electrons. The van der Waals surface area contributed by atoms with Crippen LogP contribution in [0.25, 0.3) is 44.8 Å². The molecule has 0 N–H and O–H groups in total. The van der Waals surface area contributed by atoms with Crippen molar-refractivity contribution < 1.29 is 0 Å². The summed E-state index contributed by atoms with van der Waals surface area (Å²) in [5.74, 6) is 0. The first kappa shape index (κ1) is 34.1. The van der Waals surface area contributed by atoms with Crippen LogP contribution < -0.4 is 9.80 Å². The van der Waals surface area contributed by atoms with Gasteiger partial charge in [-0.25, -0.2) is 0 Å². The maximum atomic E-state index is 2.40. The van der Waals surface area contributed by atoms with Gasteiger partial charge in [-0.05, 0) is 142 Å². The van der Waals surface area contributed by atoms with E-state index in [4.69, 9.17) is 0 Å². The van der Waals surface area contributed by atoms with E-state index in [0.717, 1.165) is 48.4 Å². The van der Waals surface area contributed by atoms with Gasteiger partial charge < -0.3 is 9.80 Å². The van der Waals surface area contributed by atoms with Gasteiger partial charge in [0.05, 0.1) is 11.4 Å². The Hall–Kier alpha value is -7.16. The zero-order chi connectivity index (χ0) is 38.4. The molecule has 0 aliphatic heterocycles. The largest absolute Gasteiger partial charge is 0.310 e. The van der Waals surface area contributed by atoms with E-state index < -0.39 is 0 Å². The summed E-state index contributed by atoms with van der Waals surface area (Å²) in [5, 5.41) is 5.51. The van der Waals surface area contributed by atoms with E-state index in [2.05, 4.69) is 216 Å². The predicted octanol–water partition coefficient (Wildman–Crippen LogP) is 15.0. The fourth-order valence-corrected chi connectivity index (χ4v) is 9.38. The molecular weight excluding hydrogens is 701 g/mol. The van der Waals surface area contributed by atoms with Gasteiger partial charge in [0.15, 0.2) is 0 Å². The van der Waals surface area contributed by atoms with Crippen molar-refractivity contribution >= 4 is 67.8 Å². The van der Waals surface area contributed by atoms with E-state index >= 15 is 0 Å². The Morgan fingerprint density at radius 2 is 0.655 bits per heavy atom. The van der Waals surface area contributed by atoms with E-state index in [0.29, 0.717) is 0 Å². The number of para-hydroxylation sites is 2. The topological polar surface area (TPSA) is 6.48 Å². The Labute approximate surface area is 340 Å². The number of benzene rings is 9. The molecular formula is C56H42N2. The quantitative estimate of drug-likeness (QED) is 0.136. The van der Waals surface area contributed by atoms with Gasteiger partial charge in [0.25, 0.3) is 0 Å². The number of hydrogen-bond donors (Lipinski definition) is 0. The van der Waals surface area contributed by atoms with Gasteiger partial charge in [0, 0.05) is 33.5 Å². The van der Waals surface area contributed by atoms with Crippen molar-refractivity contribution in [1.82, 2.24) is 0 Å². The normalized spacial score (nSPS) is 12.8. The van der Waals surface area contributed by atoms with Crippen LogP contribution in [0.1, 0.15) is 33.4 Å². The molecule has 0 amide bonds. The van der Waals surface area contributed by atoms with Gasteiger partial charge >= 0.3 is 0 Å². The van der Waals surface area contributed by atoms with E-state index in [-0.39, 0.29) is 0 Å². The van der Waals surface area contributed by atoms with Gasteiger partial charge in [-0.3, -0.25) is 0 Å². The molecule has 2 aliphatic rings. The molecule has 0 atom stereocenters. The lowest BCUT2D eigenvalue weighted by atomic mass is 10.0. The summed E-state index contributed by atoms with van der Waals surface area (Å²) in [4.78, 5) is 4.80. The highest BCUT2D eigenvalue weighted by molar-refractivity contribution is 6.04. The van der Waals surface area contributed by atoms with E-state index in [1.807, 2.05) is 0 Å². The Balaban J connectivity index is 0.842. The molecule has 11 rings (SSSR count). The Morgan fingerprint density at radius 1 is 0.293 bits per heavy atom. The van der Waals surface area contributed by atoms with Crippen LogP contribution in [0.5, 0.6) is 0 Å². The minimum absolute atomic E-state index is 1.13. The molecule has 0 bridgehead atoms. The summed E-state index contributed by atoms with van der Waals surface area (Å²) in [7, 11) is 0. The predicted molar refractivity (Wildman–Crippen MR) is 246 cm³/mol. The average Bonchev–Trinajstić information content (AvgIpc) is 3.92. The zero-order valence-corrected chi connectivity index (χ0v) is 32.4. The third kappa shape index (κ3) is 6.06. The van der Waals surface area contributed by atoms with E-state index in [1.165, 1.54) is 77.4 Å². The summed E-state index contributed by atoms with van der Waals surface area (Å²) in [6, 6.07) is 71.1. The highest BCUT2D eigenvalue weighted by Crippen LogP contribution is 2.44. The standard InChI is InChI=1S/C56H42N2/c1-3-11-47(12-4-1)57(53-37-31-45-27-25-43-9-7-15-51(53)55(43)45)49-33-21-40(22-34-49)18-17-39-19-23-41(24-20-39)42-29-35-50(36-30-42)58(48-13-5-2-6-14-48)54-38-32-46-28-26-44-10-8-16-52(54)56(44)46/h1-24,29-38H,25-28H2/b18-17+. The van der Waals surface area contributed by atoms with E-state index in [1.54, 1.807) is 0 Å². The van der Waals surface area contributed by atoms with Crippen molar-refractivity contribution in [2.75, 3.05) is 9.80 Å². The van der Waals surface area contributed by atoms with Crippen LogP contribution in [0, 0.1) is 0 Å². The van der Waals surface area contributed by atoms with Gasteiger partial charge in [0.2, 0.25) is 0 Å². The highest BCUT2D eigenvalue weighted by Gasteiger charge is 2.22. The third-order valence-corrected chi connectivity index (χ3v) is 12.2. The van der Waals surface area contributed by atoms with Crippen molar-refractivity contribution in [1.29, 1.82) is 0 Å². The van der Waals surface area contributed by atoms with Crippen molar-refractivity contribution in [3.8, 4) is 11.1 Å². The maximum Gasteiger partial charge on any atom is 0.0540 e. The molecule has 0 saturated heterocycles. The second-order valence-corrected chi connectivity index (χ2v) is 15.6. The number of nitrogens with zero attached hydrogens (tertiary/aromatic N) is 2. The van der Waals surface area contributed by atoms with Crippen LogP contribution in [0.15, 0.2) is 194 Å². The molecule has 9 aromatic rings. The fourth-order valence-electron chi connectivity index (χ4n) is 9.38. The molecule has 0 spiro atoms. The SMILES string of the molecule is C(=C\c1ccc(N(c2ccccc2)c2ccc3c4c(cccc24)CC3)cc1)/c1ccc(-c2ccc(N(c3ccccc3)c3ccc4c5c(cccc35)CC4)cc2)cc1. The lowest BCUT2D eigenvalue weighted by Gasteiger charge is -2.27. The van der Waals surface area contributed by atoms with Crippen LogP contribution in [-0.4, -0.2) is 0 Å². The number of aryl methyl sites for hydroxylation is 4. The summed E-state index contributed by atoms with van der Waals surface area (Å²) in [5.41, 5.74) is 17.6. The molecule has 58 heavy (non-hydrogen) atoms. The van der Waals surface area contributed by atoms with Crippen LogP contribution in [0.4, 0.5) is 34.1 Å². The Morgan fingerprint density at radius 3 is 1.10 bits per heavy atom. The summed E-state index contributed by atoms with van der Waals surface area (Å²) in [6.45, 7) is 0. The van der Waals surface area contributed by atoms with Crippen LogP contribution in [0.2, 0.25) is 0 Å². The molecule has 0 radical (unpaired) electrons. The molecule has 0 unspecified atom stereocenters. The maximum absolute atomic E-state index is 2.40. The highest BCUT2D eigenvalue weighted by atomic mass is 15.1. The Kier molecular flexibility index (Phi) is 8.47. The van der Waals surface area contributed by atoms with Gasteiger partial charge in [-0.15, -0.1) is 0 Å². The lowest BCUT2D eigenvalue weighted by molar-refractivity contribution is 1.02. The molecule has 0 fully saturated rings. The minimum Gasteiger partial charge on any atom is -0.310 e. The molecule has 2 nitrogen and oxygen atoms in total. The van der Waals surface area contributed by atoms with Crippen molar-refractivity contribution in [3.63, 3.8) is 0 Å². The molecule has 0 heterocycles. The number of rotatable bonds is 9. The zero-order valence-electron chi connectivity index (χ0n) is 32.4. The number of anilines is 6. The van der Waals surface area contributed by atoms with Crippen LogP contribution in [-0.2, 0) is 25.7 Å². The van der Waals surface area contributed by atoms with E-state index in [9.17, 15) is 0 Å². The average molecular weight is 743 g/mol. The third-order valence-electron chi connectivity index (χ3n) is 12.2. The van der Waals surface area contributed by atoms with Crippen LogP contribution in [0.3, 0.4) is 0 Å². The second-order valence-electron chi connectivity index (χ2n) is 15.6. The van der Waals surface area contributed by atoms with Crippen molar-refractivity contribution in [2.45, 2.75) is 25.7 Å². The smallest absolute Gasteiger partial charge is 0.0540 e. The Bertz CT molecular complexity index is 2940. The molecule has 0 aromatic heterocycles. The van der Waals surface area contributed by atoms with Gasteiger partial charge in [0.1, 0.15) is 0 Å². The number of hydrogen-bond acceptors (Lipinski definition) is 2. The summed E-state index contributed by atoms with van der Waals surface area (Å²) < 4.78 is 0. The summed E-state index contributed by atoms with van der Waals surface area (Å²) in [6.07, 6.45) is 8.91.